The largest absolute Gasteiger partial charge is 0.480 e. The molecule has 180 valence electrons. The van der Waals surface area contributed by atoms with E-state index in [0.29, 0.717) is 25.8 Å². The SMILES string of the molecule is CCC(C)C(NC(=O)C(CCCCN)NC(=O)C(N)CO)C(=O)NC(C(=O)O)C(C)O. The fourth-order valence-corrected chi connectivity index (χ4v) is 2.71. The maximum Gasteiger partial charge on any atom is 0.328 e. The van der Waals surface area contributed by atoms with Gasteiger partial charge in [0.15, 0.2) is 6.04 Å². The molecular formula is C19H37N5O7. The molecule has 0 aromatic carbocycles. The van der Waals surface area contributed by atoms with Crippen LogP contribution in [0.5, 0.6) is 0 Å². The minimum absolute atomic E-state index is 0.229. The van der Waals surface area contributed by atoms with Crippen molar-refractivity contribution in [3.63, 3.8) is 0 Å². The Morgan fingerprint density at radius 2 is 1.52 bits per heavy atom. The zero-order valence-corrected chi connectivity index (χ0v) is 18.3. The van der Waals surface area contributed by atoms with Crippen molar-refractivity contribution < 1.29 is 34.5 Å². The normalized spacial score (nSPS) is 16.9. The molecule has 0 heterocycles. The maximum atomic E-state index is 12.9. The average Bonchev–Trinajstić information content (AvgIpc) is 2.72. The molecule has 6 atom stereocenters. The molecule has 0 aliphatic carbocycles. The Labute approximate surface area is 182 Å². The van der Waals surface area contributed by atoms with E-state index in [-0.39, 0.29) is 12.3 Å². The highest BCUT2D eigenvalue weighted by atomic mass is 16.4. The van der Waals surface area contributed by atoms with E-state index >= 15 is 0 Å². The summed E-state index contributed by atoms with van der Waals surface area (Å²) in [6.45, 7) is 4.51. The molecule has 6 unspecified atom stereocenters. The molecule has 10 N–H and O–H groups in total. The highest BCUT2D eigenvalue weighted by molar-refractivity contribution is 5.94. The van der Waals surface area contributed by atoms with Crippen LogP contribution in [0.3, 0.4) is 0 Å². The number of carboxylic acids is 1. The standard InChI is InChI=1S/C19H37N5O7/c1-4-10(2)14(18(29)24-15(11(3)26)19(30)31)23-17(28)13(7-5-6-8-20)22-16(27)12(21)9-25/h10-15,25-26H,4-9,20-21H2,1-3H3,(H,22,27)(H,23,28)(H,24,29)(H,30,31). The van der Waals surface area contributed by atoms with Crippen LogP contribution < -0.4 is 27.4 Å². The van der Waals surface area contributed by atoms with E-state index < -0.39 is 60.6 Å². The maximum absolute atomic E-state index is 12.9. The number of amides is 3. The number of carboxylic acid groups (broad SMARTS) is 1. The lowest BCUT2D eigenvalue weighted by Gasteiger charge is -2.28. The lowest BCUT2D eigenvalue weighted by Crippen LogP contribution is -2.60. The topological polar surface area (TPSA) is 217 Å². The van der Waals surface area contributed by atoms with Crippen LogP contribution in [0.15, 0.2) is 0 Å². The van der Waals surface area contributed by atoms with Crippen molar-refractivity contribution in [1.82, 2.24) is 16.0 Å². The summed E-state index contributed by atoms with van der Waals surface area (Å²) in [5.41, 5.74) is 11.0. The first-order valence-corrected chi connectivity index (χ1v) is 10.4. The minimum atomic E-state index is -1.54. The van der Waals surface area contributed by atoms with Crippen LogP contribution in [-0.2, 0) is 19.2 Å². The highest BCUT2D eigenvalue weighted by Crippen LogP contribution is 2.11. The minimum Gasteiger partial charge on any atom is -0.480 e. The Morgan fingerprint density at radius 1 is 0.935 bits per heavy atom. The van der Waals surface area contributed by atoms with Crippen LogP contribution in [0.1, 0.15) is 46.5 Å². The number of aliphatic hydroxyl groups excluding tert-OH is 2. The first-order chi connectivity index (χ1) is 14.5. The number of hydrogen-bond acceptors (Lipinski definition) is 8. The van der Waals surface area contributed by atoms with Gasteiger partial charge in [-0.05, 0) is 38.6 Å². The van der Waals surface area contributed by atoms with Crippen LogP contribution in [0.25, 0.3) is 0 Å². The molecular weight excluding hydrogens is 410 g/mol. The van der Waals surface area contributed by atoms with Crippen molar-refractivity contribution in [1.29, 1.82) is 0 Å². The van der Waals surface area contributed by atoms with Crippen LogP contribution in [0.2, 0.25) is 0 Å². The van der Waals surface area contributed by atoms with E-state index in [1.807, 2.05) is 0 Å². The van der Waals surface area contributed by atoms with Gasteiger partial charge in [-0.3, -0.25) is 14.4 Å². The van der Waals surface area contributed by atoms with Gasteiger partial charge in [0, 0.05) is 0 Å². The molecule has 12 nitrogen and oxygen atoms in total. The number of nitrogens with one attached hydrogen (secondary N) is 3. The number of aliphatic hydroxyl groups is 2. The Morgan fingerprint density at radius 3 is 1.97 bits per heavy atom. The van der Waals surface area contributed by atoms with Gasteiger partial charge in [0.05, 0.1) is 12.7 Å². The van der Waals surface area contributed by atoms with Gasteiger partial charge in [0.2, 0.25) is 17.7 Å². The van der Waals surface area contributed by atoms with E-state index in [4.69, 9.17) is 16.6 Å². The third kappa shape index (κ3) is 10.0. The van der Waals surface area contributed by atoms with Crippen LogP contribution >= 0.6 is 0 Å². The van der Waals surface area contributed by atoms with Crippen molar-refractivity contribution in [2.75, 3.05) is 13.2 Å². The molecule has 0 radical (unpaired) electrons. The third-order valence-electron chi connectivity index (χ3n) is 4.95. The first kappa shape index (κ1) is 28.7. The smallest absolute Gasteiger partial charge is 0.328 e. The summed E-state index contributed by atoms with van der Waals surface area (Å²) in [6, 6.07) is -4.87. The zero-order chi connectivity index (χ0) is 24.1. The number of carbonyl (C=O) groups is 4. The van der Waals surface area contributed by atoms with Crippen molar-refractivity contribution in [2.24, 2.45) is 17.4 Å². The molecule has 0 saturated carbocycles. The lowest BCUT2D eigenvalue weighted by atomic mass is 9.96. The van der Waals surface area contributed by atoms with Gasteiger partial charge >= 0.3 is 5.97 Å². The predicted octanol–water partition coefficient (Wildman–Crippen LogP) is -2.60. The molecule has 0 rings (SSSR count). The van der Waals surface area contributed by atoms with Crippen molar-refractivity contribution >= 4 is 23.7 Å². The molecule has 0 aliphatic heterocycles. The van der Waals surface area contributed by atoms with E-state index in [0.717, 1.165) is 0 Å². The Balaban J connectivity index is 5.49. The molecule has 12 heteroatoms. The van der Waals surface area contributed by atoms with Gasteiger partial charge in [-0.25, -0.2) is 4.79 Å². The van der Waals surface area contributed by atoms with E-state index in [9.17, 15) is 29.4 Å². The summed E-state index contributed by atoms with van der Waals surface area (Å²) in [7, 11) is 0. The van der Waals surface area contributed by atoms with Crippen molar-refractivity contribution in [3.8, 4) is 0 Å². The summed E-state index contributed by atoms with van der Waals surface area (Å²) in [4.78, 5) is 48.9. The summed E-state index contributed by atoms with van der Waals surface area (Å²) in [5, 5.41) is 35.1. The summed E-state index contributed by atoms with van der Waals surface area (Å²) < 4.78 is 0. The molecule has 0 saturated heterocycles. The number of aliphatic carboxylic acids is 1. The molecule has 0 aromatic heterocycles. The van der Waals surface area contributed by atoms with Gasteiger partial charge < -0.3 is 42.7 Å². The fraction of sp³-hybridized carbons (Fsp3) is 0.789. The molecule has 0 spiro atoms. The number of hydrogen-bond donors (Lipinski definition) is 8. The van der Waals surface area contributed by atoms with Gasteiger partial charge in [-0.2, -0.15) is 0 Å². The number of carbonyl (C=O) groups excluding carboxylic acids is 3. The Kier molecular flexibility index (Phi) is 13.6. The second-order valence-electron chi connectivity index (χ2n) is 7.57. The summed E-state index contributed by atoms with van der Waals surface area (Å²) in [6.07, 6.45) is 0.498. The molecule has 0 aromatic rings. The number of nitrogens with two attached hydrogens (primary N) is 2. The number of unbranched alkanes of at least 4 members (excludes halogenated alkanes) is 1. The number of rotatable bonds is 15. The molecule has 31 heavy (non-hydrogen) atoms. The zero-order valence-electron chi connectivity index (χ0n) is 18.3. The second-order valence-corrected chi connectivity index (χ2v) is 7.57. The van der Waals surface area contributed by atoms with Crippen LogP contribution in [0.4, 0.5) is 0 Å². The second kappa shape index (κ2) is 14.7. The van der Waals surface area contributed by atoms with Crippen molar-refractivity contribution in [3.05, 3.63) is 0 Å². The summed E-state index contributed by atoms with van der Waals surface area (Å²) in [5.74, 6) is -3.93. The molecule has 0 fully saturated rings. The van der Waals surface area contributed by atoms with Crippen LogP contribution in [0, 0.1) is 5.92 Å². The van der Waals surface area contributed by atoms with Gasteiger partial charge in [0.25, 0.3) is 0 Å². The van der Waals surface area contributed by atoms with E-state index in [2.05, 4.69) is 16.0 Å². The van der Waals surface area contributed by atoms with Gasteiger partial charge in [-0.15, -0.1) is 0 Å². The van der Waals surface area contributed by atoms with E-state index in [1.165, 1.54) is 6.92 Å². The molecule has 0 bridgehead atoms. The quantitative estimate of drug-likeness (QED) is 0.123. The lowest BCUT2D eigenvalue weighted by molar-refractivity contribution is -0.145. The fourth-order valence-electron chi connectivity index (χ4n) is 2.71. The Bertz CT molecular complexity index is 602. The van der Waals surface area contributed by atoms with E-state index in [1.54, 1.807) is 13.8 Å². The average molecular weight is 448 g/mol. The Hall–Kier alpha value is -2.28. The first-order valence-electron chi connectivity index (χ1n) is 10.4. The predicted molar refractivity (Wildman–Crippen MR) is 113 cm³/mol. The third-order valence-corrected chi connectivity index (χ3v) is 4.95. The van der Waals surface area contributed by atoms with Crippen LogP contribution in [-0.4, -0.2) is 82.4 Å². The monoisotopic (exact) mass is 447 g/mol. The highest BCUT2D eigenvalue weighted by Gasteiger charge is 2.33. The molecule has 3 amide bonds. The summed E-state index contributed by atoms with van der Waals surface area (Å²) >= 11 is 0. The molecule has 0 aliphatic rings. The van der Waals surface area contributed by atoms with Crippen molar-refractivity contribution in [2.45, 2.75) is 76.7 Å². The van der Waals surface area contributed by atoms with Gasteiger partial charge in [-0.1, -0.05) is 20.3 Å². The van der Waals surface area contributed by atoms with Gasteiger partial charge in [0.1, 0.15) is 18.1 Å².